The maximum atomic E-state index is 6.28. The van der Waals surface area contributed by atoms with E-state index in [1.807, 2.05) is 49.5 Å². The van der Waals surface area contributed by atoms with Crippen LogP contribution in [0.5, 0.6) is 0 Å². The smallest absolute Gasteiger partial charge is 0.104 e. The lowest BCUT2D eigenvalue weighted by Crippen LogP contribution is -2.18. The molecule has 0 unspecified atom stereocenters. The van der Waals surface area contributed by atoms with Crippen LogP contribution in [0.15, 0.2) is 42.5 Å². The minimum absolute atomic E-state index is 0.355. The Balaban J connectivity index is 2.08. The first kappa shape index (κ1) is 16.2. The van der Waals surface area contributed by atoms with Crippen LogP contribution < -0.4 is 5.73 Å². The van der Waals surface area contributed by atoms with Crippen LogP contribution in [-0.2, 0) is 13.1 Å². The van der Waals surface area contributed by atoms with Crippen molar-refractivity contribution >= 4 is 40.4 Å². The maximum absolute atomic E-state index is 6.28. The maximum Gasteiger partial charge on any atom is 0.104 e. The third-order valence-corrected chi connectivity index (χ3v) is 4.13. The molecule has 2 nitrogen and oxygen atoms in total. The van der Waals surface area contributed by atoms with E-state index in [2.05, 4.69) is 4.90 Å². The van der Waals surface area contributed by atoms with Crippen LogP contribution in [0.3, 0.4) is 0 Å². The molecule has 0 amide bonds. The van der Waals surface area contributed by atoms with Gasteiger partial charge in [0.05, 0.1) is 0 Å². The number of halogens is 2. The molecule has 2 rings (SSSR count). The van der Waals surface area contributed by atoms with Crippen molar-refractivity contribution in [1.82, 2.24) is 4.90 Å². The zero-order chi connectivity index (χ0) is 15.4. The zero-order valence-electron chi connectivity index (χ0n) is 11.6. The van der Waals surface area contributed by atoms with Gasteiger partial charge in [-0.05, 0) is 30.3 Å². The molecule has 0 fully saturated rings. The van der Waals surface area contributed by atoms with Gasteiger partial charge in [0.25, 0.3) is 0 Å². The monoisotopic (exact) mass is 338 g/mol. The van der Waals surface area contributed by atoms with Crippen molar-refractivity contribution < 1.29 is 0 Å². The summed E-state index contributed by atoms with van der Waals surface area (Å²) in [6.45, 7) is 1.48. The Morgan fingerprint density at radius 2 is 1.67 bits per heavy atom. The van der Waals surface area contributed by atoms with Gasteiger partial charge in [-0.15, -0.1) is 0 Å². The van der Waals surface area contributed by atoms with Gasteiger partial charge >= 0.3 is 0 Å². The van der Waals surface area contributed by atoms with E-state index in [0.717, 1.165) is 34.8 Å². The molecular weight excluding hydrogens is 323 g/mol. The molecule has 0 aliphatic carbocycles. The third-order valence-electron chi connectivity index (χ3n) is 3.18. The van der Waals surface area contributed by atoms with E-state index in [0.29, 0.717) is 10.0 Å². The van der Waals surface area contributed by atoms with Crippen molar-refractivity contribution in [1.29, 1.82) is 0 Å². The third kappa shape index (κ3) is 4.42. The first-order chi connectivity index (χ1) is 9.97. The van der Waals surface area contributed by atoms with Gasteiger partial charge in [-0.2, -0.15) is 0 Å². The summed E-state index contributed by atoms with van der Waals surface area (Å²) in [7, 11) is 2.03. The molecule has 2 aromatic rings. The predicted molar refractivity (Wildman–Crippen MR) is 94.0 cm³/mol. The Labute approximate surface area is 140 Å². The zero-order valence-corrected chi connectivity index (χ0v) is 14.0. The fourth-order valence-electron chi connectivity index (χ4n) is 2.09. The van der Waals surface area contributed by atoms with Crippen LogP contribution in [0, 0.1) is 0 Å². The molecule has 2 N–H and O–H groups in total. The van der Waals surface area contributed by atoms with Crippen LogP contribution in [0.1, 0.15) is 16.7 Å². The molecule has 0 atom stereocenters. The normalized spacial score (nSPS) is 10.9. The minimum atomic E-state index is 0.355. The molecule has 0 heterocycles. The summed E-state index contributed by atoms with van der Waals surface area (Å²) in [6, 6.07) is 13.5. The average Bonchev–Trinajstić information content (AvgIpc) is 2.43. The van der Waals surface area contributed by atoms with E-state index in [1.165, 1.54) is 0 Å². The number of hydrogen-bond acceptors (Lipinski definition) is 2. The van der Waals surface area contributed by atoms with E-state index < -0.39 is 0 Å². The largest absolute Gasteiger partial charge is 0.389 e. The average molecular weight is 339 g/mol. The Morgan fingerprint density at radius 3 is 2.24 bits per heavy atom. The molecule has 5 heteroatoms. The van der Waals surface area contributed by atoms with Gasteiger partial charge < -0.3 is 5.73 Å². The highest BCUT2D eigenvalue weighted by Gasteiger charge is 2.08. The summed E-state index contributed by atoms with van der Waals surface area (Å²) in [5.41, 5.74) is 8.51. The molecular formula is C16H16Cl2N2S. The summed E-state index contributed by atoms with van der Waals surface area (Å²) in [4.78, 5) is 2.51. The number of benzene rings is 2. The Bertz CT molecular complexity index is 658. The van der Waals surface area contributed by atoms with Crippen molar-refractivity contribution in [2.75, 3.05) is 7.05 Å². The Morgan fingerprint density at radius 1 is 1.05 bits per heavy atom. The van der Waals surface area contributed by atoms with Gasteiger partial charge in [0, 0.05) is 28.7 Å². The van der Waals surface area contributed by atoms with Gasteiger partial charge in [-0.3, -0.25) is 4.90 Å². The van der Waals surface area contributed by atoms with Crippen molar-refractivity contribution in [2.45, 2.75) is 13.1 Å². The second kappa shape index (κ2) is 7.23. The van der Waals surface area contributed by atoms with Gasteiger partial charge in [0.2, 0.25) is 0 Å². The predicted octanol–water partition coefficient (Wildman–Crippen LogP) is 4.26. The molecule has 0 spiro atoms. The molecule has 21 heavy (non-hydrogen) atoms. The van der Waals surface area contributed by atoms with Crippen molar-refractivity contribution in [3.05, 3.63) is 69.2 Å². The van der Waals surface area contributed by atoms with Gasteiger partial charge in [0.1, 0.15) is 4.99 Å². The first-order valence-corrected chi connectivity index (χ1v) is 7.64. The van der Waals surface area contributed by atoms with Crippen LogP contribution in [0.25, 0.3) is 0 Å². The first-order valence-electron chi connectivity index (χ1n) is 6.47. The highest BCUT2D eigenvalue weighted by atomic mass is 35.5. The molecule has 0 radical (unpaired) electrons. The van der Waals surface area contributed by atoms with E-state index in [4.69, 9.17) is 41.2 Å². The number of thiocarbonyl (C=S) groups is 1. The van der Waals surface area contributed by atoms with Crippen LogP contribution in [0.2, 0.25) is 10.0 Å². The van der Waals surface area contributed by atoms with Crippen molar-refractivity contribution in [2.24, 2.45) is 5.73 Å². The quantitative estimate of drug-likeness (QED) is 0.826. The minimum Gasteiger partial charge on any atom is -0.389 e. The lowest BCUT2D eigenvalue weighted by molar-refractivity contribution is 0.319. The van der Waals surface area contributed by atoms with Crippen LogP contribution in [0.4, 0.5) is 0 Å². The lowest BCUT2D eigenvalue weighted by Gasteiger charge is -2.18. The molecule has 0 aliphatic rings. The molecule has 0 bridgehead atoms. The number of nitrogens with zero attached hydrogens (tertiary/aromatic N) is 1. The lowest BCUT2D eigenvalue weighted by atomic mass is 10.1. The molecule has 110 valence electrons. The Kier molecular flexibility index (Phi) is 5.59. The fraction of sp³-hybridized carbons (Fsp3) is 0.188. The summed E-state index contributed by atoms with van der Waals surface area (Å²) >= 11 is 17.4. The van der Waals surface area contributed by atoms with Crippen molar-refractivity contribution in [3.63, 3.8) is 0 Å². The topological polar surface area (TPSA) is 29.3 Å². The number of rotatable bonds is 5. The Hall–Kier alpha value is -1.13. The van der Waals surface area contributed by atoms with E-state index >= 15 is 0 Å². The molecule has 0 aromatic heterocycles. The molecule has 0 aliphatic heterocycles. The van der Waals surface area contributed by atoms with E-state index in [9.17, 15) is 0 Å². The second-order valence-corrected chi connectivity index (χ2v) is 6.19. The molecule has 0 saturated carbocycles. The van der Waals surface area contributed by atoms with E-state index in [1.54, 1.807) is 0 Å². The molecule has 2 aromatic carbocycles. The molecule has 0 saturated heterocycles. The van der Waals surface area contributed by atoms with Crippen molar-refractivity contribution in [3.8, 4) is 0 Å². The SMILES string of the molecule is CN(Cc1ccccc1Cl)Cc1ccc(C(N)=S)cc1Cl. The standard InChI is InChI=1S/C16H16Cl2N2S/c1-20(9-12-4-2-3-5-14(12)17)10-13-7-6-11(16(19)21)8-15(13)18/h2-8H,9-10H2,1H3,(H2,19,21). The second-order valence-electron chi connectivity index (χ2n) is 4.93. The summed E-state index contributed by atoms with van der Waals surface area (Å²) in [6.07, 6.45) is 0. The fourth-order valence-corrected chi connectivity index (χ4v) is 2.66. The van der Waals surface area contributed by atoms with Gasteiger partial charge in [-0.1, -0.05) is 65.8 Å². The highest BCUT2D eigenvalue weighted by Crippen LogP contribution is 2.21. The number of nitrogens with two attached hydrogens (primary N) is 1. The van der Waals surface area contributed by atoms with Gasteiger partial charge in [-0.25, -0.2) is 0 Å². The van der Waals surface area contributed by atoms with Crippen LogP contribution >= 0.6 is 35.4 Å². The summed E-state index contributed by atoms with van der Waals surface area (Å²) < 4.78 is 0. The summed E-state index contributed by atoms with van der Waals surface area (Å²) in [5.74, 6) is 0. The van der Waals surface area contributed by atoms with E-state index in [-0.39, 0.29) is 0 Å². The van der Waals surface area contributed by atoms with Gasteiger partial charge in [0.15, 0.2) is 0 Å². The summed E-state index contributed by atoms with van der Waals surface area (Å²) in [5, 5.41) is 1.45. The van der Waals surface area contributed by atoms with Crippen LogP contribution in [-0.4, -0.2) is 16.9 Å². The highest BCUT2D eigenvalue weighted by molar-refractivity contribution is 7.80. The number of hydrogen-bond donors (Lipinski definition) is 1.